The molecule has 2 N–H and O–H groups in total. The molecule has 0 radical (unpaired) electrons. The third-order valence-corrected chi connectivity index (χ3v) is 3.25. The Morgan fingerprint density at radius 2 is 2.12 bits per heavy atom. The molecule has 0 aromatic carbocycles. The Morgan fingerprint density at radius 3 is 2.69 bits per heavy atom. The quantitative estimate of drug-likeness (QED) is 0.739. The van der Waals surface area contributed by atoms with Crippen molar-refractivity contribution in [2.45, 2.75) is 39.3 Å². The smallest absolute Gasteiger partial charge is 0.0644 e. The molecule has 1 heterocycles. The Bertz CT molecular complexity index is 203. The molecule has 1 aliphatic heterocycles. The van der Waals surface area contributed by atoms with Crippen molar-refractivity contribution in [2.75, 3.05) is 32.9 Å². The molecule has 1 fully saturated rings. The van der Waals surface area contributed by atoms with Crippen LogP contribution in [0, 0.1) is 5.41 Å². The van der Waals surface area contributed by atoms with Gasteiger partial charge in [0.15, 0.2) is 0 Å². The van der Waals surface area contributed by atoms with Gasteiger partial charge in [0.2, 0.25) is 0 Å². The summed E-state index contributed by atoms with van der Waals surface area (Å²) in [6, 6.07) is 0.0981. The number of rotatable bonds is 4. The molecule has 0 spiro atoms. The lowest BCUT2D eigenvalue weighted by molar-refractivity contribution is -0.0378. The van der Waals surface area contributed by atoms with Gasteiger partial charge in [0, 0.05) is 13.1 Å². The first-order chi connectivity index (χ1) is 7.45. The topological polar surface area (TPSA) is 52.9 Å². The van der Waals surface area contributed by atoms with Gasteiger partial charge in [-0.25, -0.2) is 0 Å². The van der Waals surface area contributed by atoms with E-state index in [-0.39, 0.29) is 24.2 Å². The second kappa shape index (κ2) is 5.96. The van der Waals surface area contributed by atoms with Crippen LogP contribution in [0.4, 0.5) is 0 Å². The molecule has 2 unspecified atom stereocenters. The van der Waals surface area contributed by atoms with Gasteiger partial charge in [0.25, 0.3) is 0 Å². The lowest BCUT2D eigenvalue weighted by Crippen LogP contribution is -2.48. The van der Waals surface area contributed by atoms with Gasteiger partial charge in [-0.3, -0.25) is 4.90 Å². The van der Waals surface area contributed by atoms with Gasteiger partial charge in [0.05, 0.1) is 32.0 Å². The van der Waals surface area contributed by atoms with Crippen LogP contribution in [-0.2, 0) is 4.74 Å². The molecule has 0 aromatic rings. The molecule has 1 saturated heterocycles. The summed E-state index contributed by atoms with van der Waals surface area (Å²) in [5.41, 5.74) is -0.0685. The van der Waals surface area contributed by atoms with Crippen molar-refractivity contribution in [2.24, 2.45) is 5.41 Å². The third-order valence-electron chi connectivity index (χ3n) is 3.25. The van der Waals surface area contributed by atoms with E-state index in [1.165, 1.54) is 0 Å². The zero-order valence-corrected chi connectivity index (χ0v) is 10.6. The summed E-state index contributed by atoms with van der Waals surface area (Å²) in [5.74, 6) is 0. The molecule has 1 rings (SSSR count). The van der Waals surface area contributed by atoms with Crippen LogP contribution in [-0.4, -0.2) is 60.2 Å². The third kappa shape index (κ3) is 4.01. The molecule has 4 nitrogen and oxygen atoms in total. The van der Waals surface area contributed by atoms with E-state index in [1.807, 2.05) is 20.8 Å². The van der Waals surface area contributed by atoms with Gasteiger partial charge < -0.3 is 14.9 Å². The van der Waals surface area contributed by atoms with Gasteiger partial charge in [-0.15, -0.1) is 0 Å². The normalized spacial score (nSPS) is 25.7. The standard InChI is InChI=1S/C12H25NO3/c1-12(2,3)11(15)4-5-13-6-7-16-9-10(13)8-14/h10-11,14-15H,4-9H2,1-3H3. The first-order valence-corrected chi connectivity index (χ1v) is 6.06. The summed E-state index contributed by atoms with van der Waals surface area (Å²) in [7, 11) is 0. The summed E-state index contributed by atoms with van der Waals surface area (Å²) >= 11 is 0. The number of morpholine rings is 1. The van der Waals surface area contributed by atoms with E-state index in [0.717, 1.165) is 26.1 Å². The number of aliphatic hydroxyl groups is 2. The van der Waals surface area contributed by atoms with Crippen LogP contribution in [0.15, 0.2) is 0 Å². The van der Waals surface area contributed by atoms with Crippen LogP contribution in [0.25, 0.3) is 0 Å². The largest absolute Gasteiger partial charge is 0.395 e. The summed E-state index contributed by atoms with van der Waals surface area (Å²) < 4.78 is 5.31. The van der Waals surface area contributed by atoms with Crippen LogP contribution < -0.4 is 0 Å². The average Bonchev–Trinajstić information content (AvgIpc) is 2.24. The maximum Gasteiger partial charge on any atom is 0.0644 e. The Kier molecular flexibility index (Phi) is 5.18. The molecule has 0 amide bonds. The maximum atomic E-state index is 9.95. The highest BCUT2D eigenvalue weighted by Crippen LogP contribution is 2.22. The van der Waals surface area contributed by atoms with Gasteiger partial charge in [-0.05, 0) is 11.8 Å². The molecule has 0 bridgehead atoms. The van der Waals surface area contributed by atoms with Crippen molar-refractivity contribution in [1.82, 2.24) is 4.90 Å². The van der Waals surface area contributed by atoms with Crippen LogP contribution in [0.1, 0.15) is 27.2 Å². The molecule has 2 atom stereocenters. The minimum atomic E-state index is -0.297. The molecule has 16 heavy (non-hydrogen) atoms. The van der Waals surface area contributed by atoms with Crippen molar-refractivity contribution < 1.29 is 14.9 Å². The van der Waals surface area contributed by atoms with Crippen LogP contribution in [0.3, 0.4) is 0 Å². The summed E-state index contributed by atoms with van der Waals surface area (Å²) in [4.78, 5) is 2.21. The van der Waals surface area contributed by atoms with Gasteiger partial charge >= 0.3 is 0 Å². The number of nitrogens with zero attached hydrogens (tertiary/aromatic N) is 1. The first kappa shape index (κ1) is 13.9. The maximum absolute atomic E-state index is 9.95. The van der Waals surface area contributed by atoms with Crippen molar-refractivity contribution in [3.8, 4) is 0 Å². The van der Waals surface area contributed by atoms with Crippen molar-refractivity contribution >= 4 is 0 Å². The zero-order valence-electron chi connectivity index (χ0n) is 10.6. The molecular weight excluding hydrogens is 206 g/mol. The van der Waals surface area contributed by atoms with Crippen molar-refractivity contribution in [1.29, 1.82) is 0 Å². The molecule has 4 heteroatoms. The van der Waals surface area contributed by atoms with Crippen molar-refractivity contribution in [3.63, 3.8) is 0 Å². The van der Waals surface area contributed by atoms with Crippen LogP contribution >= 0.6 is 0 Å². The monoisotopic (exact) mass is 231 g/mol. The van der Waals surface area contributed by atoms with E-state index in [2.05, 4.69) is 4.90 Å². The van der Waals surface area contributed by atoms with E-state index in [9.17, 15) is 10.2 Å². The predicted molar refractivity (Wildman–Crippen MR) is 63.3 cm³/mol. The lowest BCUT2D eigenvalue weighted by Gasteiger charge is -2.36. The highest BCUT2D eigenvalue weighted by Gasteiger charge is 2.26. The minimum absolute atomic E-state index is 0.0685. The molecule has 0 saturated carbocycles. The lowest BCUT2D eigenvalue weighted by atomic mass is 9.87. The van der Waals surface area contributed by atoms with E-state index in [0.29, 0.717) is 6.61 Å². The van der Waals surface area contributed by atoms with E-state index >= 15 is 0 Å². The molecule has 96 valence electrons. The fourth-order valence-corrected chi connectivity index (χ4v) is 1.87. The zero-order chi connectivity index (χ0) is 12.2. The number of ether oxygens (including phenoxy) is 1. The number of aliphatic hydroxyl groups excluding tert-OH is 2. The van der Waals surface area contributed by atoms with E-state index < -0.39 is 0 Å². The molecular formula is C12H25NO3. The fourth-order valence-electron chi connectivity index (χ4n) is 1.87. The Morgan fingerprint density at radius 1 is 1.44 bits per heavy atom. The average molecular weight is 231 g/mol. The summed E-state index contributed by atoms with van der Waals surface area (Å²) in [6.45, 7) is 9.26. The second-order valence-electron chi connectivity index (χ2n) is 5.62. The minimum Gasteiger partial charge on any atom is -0.395 e. The highest BCUT2D eigenvalue weighted by atomic mass is 16.5. The van der Waals surface area contributed by atoms with E-state index in [1.54, 1.807) is 0 Å². The van der Waals surface area contributed by atoms with Gasteiger partial charge in [-0.2, -0.15) is 0 Å². The Hall–Kier alpha value is -0.160. The van der Waals surface area contributed by atoms with Crippen molar-refractivity contribution in [3.05, 3.63) is 0 Å². The highest BCUT2D eigenvalue weighted by molar-refractivity contribution is 4.78. The second-order valence-corrected chi connectivity index (χ2v) is 5.62. The fraction of sp³-hybridized carbons (Fsp3) is 1.00. The SMILES string of the molecule is CC(C)(C)C(O)CCN1CCOCC1CO. The number of hydrogen-bond donors (Lipinski definition) is 2. The molecule has 0 aromatic heterocycles. The number of hydrogen-bond acceptors (Lipinski definition) is 4. The Balaban J connectivity index is 2.35. The van der Waals surface area contributed by atoms with Crippen LogP contribution in [0.2, 0.25) is 0 Å². The summed E-state index contributed by atoms with van der Waals surface area (Å²) in [5, 5.41) is 19.2. The van der Waals surface area contributed by atoms with Gasteiger partial charge in [0.1, 0.15) is 0 Å². The molecule has 0 aliphatic carbocycles. The molecule has 1 aliphatic rings. The predicted octanol–water partition coefficient (Wildman–Crippen LogP) is 0.477. The Labute approximate surface area is 98.2 Å². The van der Waals surface area contributed by atoms with E-state index in [4.69, 9.17) is 4.74 Å². The van der Waals surface area contributed by atoms with Gasteiger partial charge in [-0.1, -0.05) is 20.8 Å². The van der Waals surface area contributed by atoms with Crippen LogP contribution in [0.5, 0.6) is 0 Å². The summed E-state index contributed by atoms with van der Waals surface area (Å²) in [6.07, 6.45) is 0.453. The first-order valence-electron chi connectivity index (χ1n) is 6.06.